The highest BCUT2D eigenvalue weighted by Crippen LogP contribution is 2.28. The van der Waals surface area contributed by atoms with Crippen LogP contribution in [0.3, 0.4) is 0 Å². The van der Waals surface area contributed by atoms with E-state index in [4.69, 9.17) is 0 Å². The first-order valence-corrected chi connectivity index (χ1v) is 4.95. The van der Waals surface area contributed by atoms with Gasteiger partial charge in [0, 0.05) is 0 Å². The molecule has 0 aliphatic rings. The zero-order valence-corrected chi connectivity index (χ0v) is 8.87. The number of benzene rings is 1. The molecule has 2 nitrogen and oxygen atoms in total. The molecule has 0 spiro atoms. The fourth-order valence-electron chi connectivity index (χ4n) is 1.55. The van der Waals surface area contributed by atoms with Crippen molar-refractivity contribution in [3.8, 4) is 0 Å². The van der Waals surface area contributed by atoms with Crippen molar-refractivity contribution in [1.29, 1.82) is 0 Å². The van der Waals surface area contributed by atoms with Gasteiger partial charge >= 0.3 is 0 Å². The molecule has 0 fully saturated rings. The molecule has 94 valence electrons. The highest BCUT2D eigenvalue weighted by molar-refractivity contribution is 5.30. The Morgan fingerprint density at radius 1 is 0.889 bits per heavy atom. The maximum absolute atomic E-state index is 13.4. The number of aliphatic hydroxyl groups is 1. The Balaban J connectivity index is 2.58. The average Bonchev–Trinajstić information content (AvgIpc) is 2.37. The first-order chi connectivity index (χ1) is 8.52. The van der Waals surface area contributed by atoms with Crippen molar-refractivity contribution < 1.29 is 22.7 Å². The van der Waals surface area contributed by atoms with Crippen LogP contribution in [0.15, 0.2) is 30.3 Å². The summed E-state index contributed by atoms with van der Waals surface area (Å²) in [6.45, 7) is 0. The Hall–Kier alpha value is -1.95. The van der Waals surface area contributed by atoms with Crippen molar-refractivity contribution in [3.63, 3.8) is 0 Å². The highest BCUT2D eigenvalue weighted by atomic mass is 19.2. The lowest BCUT2D eigenvalue weighted by Crippen LogP contribution is -2.11. The third-order valence-electron chi connectivity index (χ3n) is 2.42. The number of nitrogens with zero attached hydrogens (tertiary/aromatic N) is 1. The molecule has 1 unspecified atom stereocenters. The van der Waals surface area contributed by atoms with Crippen LogP contribution in [0.1, 0.15) is 17.2 Å². The van der Waals surface area contributed by atoms with Gasteiger partial charge in [-0.2, -0.15) is 13.8 Å². The minimum Gasteiger partial charge on any atom is -0.383 e. The van der Waals surface area contributed by atoms with Gasteiger partial charge in [-0.05, 0) is 5.56 Å². The molecule has 0 aliphatic heterocycles. The highest BCUT2D eigenvalue weighted by Gasteiger charge is 2.26. The maximum Gasteiger partial charge on any atom is 0.252 e. The number of pyridine rings is 1. The Kier molecular flexibility index (Phi) is 3.29. The largest absolute Gasteiger partial charge is 0.383 e. The minimum absolute atomic E-state index is 0.111. The van der Waals surface area contributed by atoms with E-state index in [0.717, 1.165) is 0 Å². The van der Waals surface area contributed by atoms with Crippen LogP contribution in [0.25, 0.3) is 0 Å². The summed E-state index contributed by atoms with van der Waals surface area (Å²) < 4.78 is 52.5. The zero-order valence-electron chi connectivity index (χ0n) is 8.87. The SMILES string of the molecule is OC(c1ccccc1)c1c(F)c(F)nc(F)c1F. The van der Waals surface area contributed by atoms with E-state index in [9.17, 15) is 22.7 Å². The lowest BCUT2D eigenvalue weighted by molar-refractivity contribution is 0.203. The molecule has 0 aliphatic carbocycles. The van der Waals surface area contributed by atoms with E-state index in [1.807, 2.05) is 0 Å². The van der Waals surface area contributed by atoms with Gasteiger partial charge in [-0.15, -0.1) is 0 Å². The number of aliphatic hydroxyl groups excluding tert-OH is 1. The van der Waals surface area contributed by atoms with Crippen molar-refractivity contribution in [2.45, 2.75) is 6.10 Å². The van der Waals surface area contributed by atoms with E-state index in [1.54, 1.807) is 6.07 Å². The second-order valence-electron chi connectivity index (χ2n) is 3.55. The van der Waals surface area contributed by atoms with Gasteiger partial charge in [0.1, 0.15) is 6.10 Å². The van der Waals surface area contributed by atoms with Crippen molar-refractivity contribution in [2.75, 3.05) is 0 Å². The van der Waals surface area contributed by atoms with Gasteiger partial charge in [0.15, 0.2) is 11.6 Å². The minimum atomic E-state index is -1.81. The third kappa shape index (κ3) is 2.06. The van der Waals surface area contributed by atoms with Gasteiger partial charge in [-0.1, -0.05) is 30.3 Å². The predicted molar refractivity (Wildman–Crippen MR) is 54.6 cm³/mol. The summed E-state index contributed by atoms with van der Waals surface area (Å²) in [5.41, 5.74) is -0.980. The van der Waals surface area contributed by atoms with E-state index in [1.165, 1.54) is 24.3 Å². The molecule has 0 radical (unpaired) electrons. The van der Waals surface area contributed by atoms with E-state index < -0.39 is 35.2 Å². The molecule has 2 rings (SSSR count). The maximum atomic E-state index is 13.4. The summed E-state index contributed by atoms with van der Waals surface area (Å²) >= 11 is 0. The van der Waals surface area contributed by atoms with Crippen LogP contribution in [0.4, 0.5) is 17.6 Å². The number of halogens is 4. The molecule has 0 saturated carbocycles. The van der Waals surface area contributed by atoms with Crippen LogP contribution in [-0.4, -0.2) is 10.1 Å². The quantitative estimate of drug-likeness (QED) is 0.662. The Morgan fingerprint density at radius 3 is 1.89 bits per heavy atom. The molecule has 1 aromatic heterocycles. The zero-order chi connectivity index (χ0) is 13.3. The molecule has 1 N–H and O–H groups in total. The van der Waals surface area contributed by atoms with Crippen molar-refractivity contribution >= 4 is 0 Å². The number of aromatic nitrogens is 1. The van der Waals surface area contributed by atoms with Gasteiger partial charge in [0.2, 0.25) is 0 Å². The standard InChI is InChI=1S/C12H7F4NO/c13-8-7(9(14)12(16)17-11(8)15)10(18)6-4-2-1-3-5-6/h1-5,10,18H. The van der Waals surface area contributed by atoms with Crippen molar-refractivity contribution in [3.05, 3.63) is 65.0 Å². The van der Waals surface area contributed by atoms with Crippen LogP contribution in [0, 0.1) is 23.5 Å². The van der Waals surface area contributed by atoms with Gasteiger partial charge in [-0.25, -0.2) is 8.78 Å². The van der Waals surface area contributed by atoms with Gasteiger partial charge in [-0.3, -0.25) is 0 Å². The average molecular weight is 257 g/mol. The second kappa shape index (κ2) is 4.73. The molecule has 0 amide bonds. The van der Waals surface area contributed by atoms with Crippen molar-refractivity contribution in [2.24, 2.45) is 0 Å². The topological polar surface area (TPSA) is 33.1 Å². The summed E-state index contributed by atoms with van der Waals surface area (Å²) in [6.07, 6.45) is -1.81. The smallest absolute Gasteiger partial charge is 0.252 e. The first kappa shape index (κ1) is 12.5. The Labute approximate surface area is 99.5 Å². The molecular weight excluding hydrogens is 250 g/mol. The molecule has 0 bridgehead atoms. The van der Waals surface area contributed by atoms with Gasteiger partial charge < -0.3 is 5.11 Å². The van der Waals surface area contributed by atoms with E-state index in [2.05, 4.69) is 4.98 Å². The summed E-state index contributed by atoms with van der Waals surface area (Å²) in [5, 5.41) is 9.76. The third-order valence-corrected chi connectivity index (χ3v) is 2.42. The van der Waals surface area contributed by atoms with Crippen LogP contribution in [0.2, 0.25) is 0 Å². The van der Waals surface area contributed by atoms with Crippen LogP contribution >= 0.6 is 0 Å². The summed E-state index contributed by atoms with van der Waals surface area (Å²) in [5.74, 6) is -6.99. The molecular formula is C12H7F4NO. The Bertz CT molecular complexity index is 548. The van der Waals surface area contributed by atoms with E-state index in [0.29, 0.717) is 0 Å². The predicted octanol–water partition coefficient (Wildman–Crippen LogP) is 2.72. The van der Waals surface area contributed by atoms with Crippen LogP contribution < -0.4 is 0 Å². The molecule has 1 aromatic carbocycles. The normalized spacial score (nSPS) is 12.5. The lowest BCUT2D eigenvalue weighted by Gasteiger charge is -2.13. The molecule has 1 atom stereocenters. The van der Waals surface area contributed by atoms with E-state index >= 15 is 0 Å². The molecule has 1 heterocycles. The number of hydrogen-bond acceptors (Lipinski definition) is 2. The number of hydrogen-bond donors (Lipinski definition) is 1. The first-order valence-electron chi connectivity index (χ1n) is 4.95. The second-order valence-corrected chi connectivity index (χ2v) is 3.55. The van der Waals surface area contributed by atoms with Gasteiger partial charge in [0.25, 0.3) is 11.9 Å². The summed E-state index contributed by atoms with van der Waals surface area (Å²) in [7, 11) is 0. The number of rotatable bonds is 2. The molecule has 18 heavy (non-hydrogen) atoms. The summed E-state index contributed by atoms with van der Waals surface area (Å²) in [4.78, 5) is 2.41. The summed E-state index contributed by atoms with van der Waals surface area (Å²) in [6, 6.07) is 7.40. The van der Waals surface area contributed by atoms with Crippen molar-refractivity contribution in [1.82, 2.24) is 4.98 Å². The van der Waals surface area contributed by atoms with Gasteiger partial charge in [0.05, 0.1) is 5.56 Å². The Morgan fingerprint density at radius 2 is 1.39 bits per heavy atom. The monoisotopic (exact) mass is 257 g/mol. The molecule has 0 saturated heterocycles. The fourth-order valence-corrected chi connectivity index (χ4v) is 1.55. The molecule has 6 heteroatoms. The van der Waals surface area contributed by atoms with E-state index in [-0.39, 0.29) is 5.56 Å². The van der Waals surface area contributed by atoms with Crippen LogP contribution in [-0.2, 0) is 0 Å². The lowest BCUT2D eigenvalue weighted by atomic mass is 10.0. The van der Waals surface area contributed by atoms with Crippen LogP contribution in [0.5, 0.6) is 0 Å². The fraction of sp³-hybridized carbons (Fsp3) is 0.0833. The molecule has 2 aromatic rings.